The van der Waals surface area contributed by atoms with Crippen LogP contribution in [0.1, 0.15) is 18.5 Å². The number of benzene rings is 2. The summed E-state index contributed by atoms with van der Waals surface area (Å²) in [5, 5.41) is 0.804. The highest BCUT2D eigenvalue weighted by molar-refractivity contribution is 6.42. The Labute approximate surface area is 120 Å². The van der Waals surface area contributed by atoms with Crippen molar-refractivity contribution in [3.8, 4) is 11.5 Å². The van der Waals surface area contributed by atoms with Crippen molar-refractivity contribution < 1.29 is 9.13 Å². The average molecular weight is 300 g/mol. The fourth-order valence-electron chi connectivity index (χ4n) is 1.72. The molecule has 0 aliphatic rings. The highest BCUT2D eigenvalue weighted by atomic mass is 35.5. The van der Waals surface area contributed by atoms with E-state index in [4.69, 9.17) is 33.7 Å². The molecule has 2 aromatic rings. The topological polar surface area (TPSA) is 35.2 Å². The van der Waals surface area contributed by atoms with Crippen LogP contribution in [0.3, 0.4) is 0 Å². The van der Waals surface area contributed by atoms with Gasteiger partial charge in [0.25, 0.3) is 0 Å². The molecule has 0 saturated heterocycles. The molecule has 2 aromatic carbocycles. The second kappa shape index (κ2) is 5.78. The van der Waals surface area contributed by atoms with Gasteiger partial charge in [-0.3, -0.25) is 0 Å². The summed E-state index contributed by atoms with van der Waals surface area (Å²) in [4.78, 5) is 0. The lowest BCUT2D eigenvalue weighted by atomic mass is 10.1. The van der Waals surface area contributed by atoms with Crippen molar-refractivity contribution >= 4 is 23.2 Å². The lowest BCUT2D eigenvalue weighted by Gasteiger charge is -2.14. The fourth-order valence-corrected chi connectivity index (χ4v) is 2.00. The van der Waals surface area contributed by atoms with Crippen molar-refractivity contribution in [3.05, 3.63) is 57.8 Å². The van der Waals surface area contributed by atoms with E-state index in [1.807, 2.05) is 0 Å². The predicted molar refractivity (Wildman–Crippen MR) is 75.5 cm³/mol. The van der Waals surface area contributed by atoms with Gasteiger partial charge in [-0.05, 0) is 31.2 Å². The summed E-state index contributed by atoms with van der Waals surface area (Å²) in [7, 11) is 0. The highest BCUT2D eigenvalue weighted by Gasteiger charge is 2.14. The molecular formula is C14H12Cl2FNO. The summed E-state index contributed by atoms with van der Waals surface area (Å²) in [5.41, 5.74) is 6.08. The second-order valence-electron chi connectivity index (χ2n) is 4.12. The molecule has 0 spiro atoms. The van der Waals surface area contributed by atoms with Gasteiger partial charge in [-0.1, -0.05) is 29.3 Å². The Morgan fingerprint density at radius 2 is 1.89 bits per heavy atom. The van der Waals surface area contributed by atoms with Crippen molar-refractivity contribution in [3.63, 3.8) is 0 Å². The molecule has 0 bridgehead atoms. The summed E-state index contributed by atoms with van der Waals surface area (Å²) in [6, 6.07) is 8.94. The third-order valence-corrected chi connectivity index (χ3v) is 3.33. The van der Waals surface area contributed by atoms with Crippen LogP contribution in [0.4, 0.5) is 4.39 Å². The Morgan fingerprint density at radius 3 is 2.53 bits per heavy atom. The zero-order valence-electron chi connectivity index (χ0n) is 10.2. The molecule has 19 heavy (non-hydrogen) atoms. The Balaban J connectivity index is 2.38. The van der Waals surface area contributed by atoms with Crippen LogP contribution in [0.5, 0.6) is 11.5 Å². The largest absolute Gasteiger partial charge is 0.457 e. The summed E-state index contributed by atoms with van der Waals surface area (Å²) in [6.45, 7) is 1.69. The SMILES string of the molecule is C[C@H](N)c1c(F)cccc1Oc1ccc(Cl)c(Cl)c1. The minimum absolute atomic E-state index is 0.327. The van der Waals surface area contributed by atoms with Crippen LogP contribution < -0.4 is 10.5 Å². The second-order valence-corrected chi connectivity index (χ2v) is 4.93. The van der Waals surface area contributed by atoms with Gasteiger partial charge < -0.3 is 10.5 Å². The zero-order valence-corrected chi connectivity index (χ0v) is 11.7. The van der Waals surface area contributed by atoms with E-state index in [1.54, 1.807) is 37.3 Å². The third-order valence-electron chi connectivity index (χ3n) is 2.59. The molecule has 0 heterocycles. The average Bonchev–Trinajstić information content (AvgIpc) is 2.33. The smallest absolute Gasteiger partial charge is 0.135 e. The minimum atomic E-state index is -0.473. The van der Waals surface area contributed by atoms with E-state index in [2.05, 4.69) is 0 Å². The Morgan fingerprint density at radius 1 is 1.16 bits per heavy atom. The number of hydrogen-bond acceptors (Lipinski definition) is 2. The van der Waals surface area contributed by atoms with Gasteiger partial charge in [-0.2, -0.15) is 0 Å². The third kappa shape index (κ3) is 3.18. The number of hydrogen-bond donors (Lipinski definition) is 1. The van der Waals surface area contributed by atoms with Gasteiger partial charge in [0.2, 0.25) is 0 Å². The van der Waals surface area contributed by atoms with Crippen molar-refractivity contribution in [1.82, 2.24) is 0 Å². The summed E-state index contributed by atoms with van der Waals surface area (Å²) in [5.74, 6) is 0.447. The molecule has 0 radical (unpaired) electrons. The molecule has 0 unspecified atom stereocenters. The maximum Gasteiger partial charge on any atom is 0.135 e. The van der Waals surface area contributed by atoms with Crippen LogP contribution >= 0.6 is 23.2 Å². The van der Waals surface area contributed by atoms with E-state index in [9.17, 15) is 4.39 Å². The van der Waals surface area contributed by atoms with Gasteiger partial charge in [0, 0.05) is 17.7 Å². The van der Waals surface area contributed by atoms with Gasteiger partial charge in [0.15, 0.2) is 0 Å². The molecule has 2 N–H and O–H groups in total. The summed E-state index contributed by atoms with van der Waals surface area (Å²) < 4.78 is 19.4. The number of ether oxygens (including phenoxy) is 1. The van der Waals surface area contributed by atoms with Gasteiger partial charge >= 0.3 is 0 Å². The van der Waals surface area contributed by atoms with Crippen molar-refractivity contribution in [2.45, 2.75) is 13.0 Å². The lowest BCUT2D eigenvalue weighted by molar-refractivity contribution is 0.461. The van der Waals surface area contributed by atoms with Crippen LogP contribution in [0.15, 0.2) is 36.4 Å². The summed E-state index contributed by atoms with van der Waals surface area (Å²) in [6.07, 6.45) is 0. The number of nitrogens with two attached hydrogens (primary N) is 1. The molecule has 2 rings (SSSR count). The number of halogens is 3. The molecule has 0 aliphatic carbocycles. The normalized spacial score (nSPS) is 12.3. The number of rotatable bonds is 3. The Kier molecular flexibility index (Phi) is 4.30. The molecule has 5 heteroatoms. The quantitative estimate of drug-likeness (QED) is 0.871. The van der Waals surface area contributed by atoms with E-state index in [1.165, 1.54) is 6.07 Å². The van der Waals surface area contributed by atoms with Crippen molar-refractivity contribution in [1.29, 1.82) is 0 Å². The highest BCUT2D eigenvalue weighted by Crippen LogP contribution is 2.33. The van der Waals surface area contributed by atoms with Crippen molar-refractivity contribution in [2.75, 3.05) is 0 Å². The molecule has 0 amide bonds. The monoisotopic (exact) mass is 299 g/mol. The zero-order chi connectivity index (χ0) is 14.0. The Hall–Kier alpha value is -1.29. The van der Waals surface area contributed by atoms with Gasteiger partial charge in [0.05, 0.1) is 10.0 Å². The predicted octanol–water partition coefficient (Wildman–Crippen LogP) is 4.94. The van der Waals surface area contributed by atoms with Gasteiger partial charge in [-0.25, -0.2) is 4.39 Å². The van der Waals surface area contributed by atoms with E-state index < -0.39 is 11.9 Å². The van der Waals surface area contributed by atoms with E-state index in [-0.39, 0.29) is 0 Å². The molecule has 0 aromatic heterocycles. The molecule has 0 aliphatic heterocycles. The van der Waals surface area contributed by atoms with Crippen LogP contribution in [-0.2, 0) is 0 Å². The van der Waals surface area contributed by atoms with Crippen LogP contribution in [0.2, 0.25) is 10.0 Å². The molecule has 100 valence electrons. The molecule has 0 fully saturated rings. The minimum Gasteiger partial charge on any atom is -0.457 e. The standard InChI is InChI=1S/C14H12Cl2FNO/c1-8(18)14-12(17)3-2-4-13(14)19-9-5-6-10(15)11(16)7-9/h2-8H,18H2,1H3/t8-/m0/s1. The van der Waals surface area contributed by atoms with E-state index >= 15 is 0 Å². The first kappa shape index (κ1) is 14.1. The fraction of sp³-hybridized carbons (Fsp3) is 0.143. The maximum absolute atomic E-state index is 13.7. The van der Waals surface area contributed by atoms with E-state index in [0.717, 1.165) is 0 Å². The van der Waals surface area contributed by atoms with Crippen molar-refractivity contribution in [2.24, 2.45) is 5.73 Å². The Bertz CT molecular complexity index is 602. The molecule has 2 nitrogen and oxygen atoms in total. The van der Waals surface area contributed by atoms with Crippen LogP contribution in [-0.4, -0.2) is 0 Å². The first-order valence-corrected chi connectivity index (χ1v) is 6.41. The van der Waals surface area contributed by atoms with Crippen LogP contribution in [0, 0.1) is 5.82 Å². The first-order chi connectivity index (χ1) is 8.99. The first-order valence-electron chi connectivity index (χ1n) is 5.66. The van der Waals surface area contributed by atoms with E-state index in [0.29, 0.717) is 27.1 Å². The van der Waals surface area contributed by atoms with Crippen LogP contribution in [0.25, 0.3) is 0 Å². The molecular weight excluding hydrogens is 288 g/mol. The molecule has 0 saturated carbocycles. The van der Waals surface area contributed by atoms with Gasteiger partial charge in [0.1, 0.15) is 17.3 Å². The molecule has 1 atom stereocenters. The van der Waals surface area contributed by atoms with Gasteiger partial charge in [-0.15, -0.1) is 0 Å². The lowest BCUT2D eigenvalue weighted by Crippen LogP contribution is -2.09. The maximum atomic E-state index is 13.7. The summed E-state index contributed by atoms with van der Waals surface area (Å²) >= 11 is 11.7.